The third-order valence-electron chi connectivity index (χ3n) is 2.48. The summed E-state index contributed by atoms with van der Waals surface area (Å²) in [6.45, 7) is 2.32. The lowest BCUT2D eigenvalue weighted by Crippen LogP contribution is -2.30. The van der Waals surface area contributed by atoms with Gasteiger partial charge in [0.05, 0.1) is 19.6 Å². The Kier molecular flexibility index (Phi) is 11.9. The van der Waals surface area contributed by atoms with Crippen molar-refractivity contribution in [2.24, 2.45) is 0 Å². The maximum atomic E-state index is 11.4. The number of nitrogens with one attached hydrogen (secondary N) is 1. The molecule has 1 N–H and O–H groups in total. The fraction of sp³-hybridized carbons (Fsp3) is 0.769. The van der Waals surface area contributed by atoms with Crippen LogP contribution < -0.4 is 5.32 Å². The van der Waals surface area contributed by atoms with Crippen LogP contribution in [0.15, 0.2) is 0 Å². The summed E-state index contributed by atoms with van der Waals surface area (Å²) in [7, 11) is 0. The van der Waals surface area contributed by atoms with Crippen LogP contribution in [0.2, 0.25) is 0 Å². The second-order valence-electron chi connectivity index (χ2n) is 4.21. The van der Waals surface area contributed by atoms with Crippen molar-refractivity contribution in [1.82, 2.24) is 5.32 Å². The normalized spacial score (nSPS) is 9.90. The average molecular weight is 308 g/mol. The molecule has 0 radical (unpaired) electrons. The Morgan fingerprint density at radius 2 is 1.80 bits per heavy atom. The zero-order valence-corrected chi connectivity index (χ0v) is 12.5. The number of ketones is 1. The first-order valence-corrected chi connectivity index (χ1v) is 7.27. The van der Waals surface area contributed by atoms with Gasteiger partial charge in [0, 0.05) is 6.42 Å². The number of unbranched alkanes of at least 4 members (excludes halogenated alkanes) is 3. The number of halogens is 1. The summed E-state index contributed by atoms with van der Waals surface area (Å²) >= 11 is 5.17. The van der Waals surface area contributed by atoms with Gasteiger partial charge < -0.3 is 14.8 Å². The minimum absolute atomic E-state index is 0.0266. The summed E-state index contributed by atoms with van der Waals surface area (Å²) in [6, 6.07) is -0.273. The van der Waals surface area contributed by atoms with Crippen LogP contribution in [0.4, 0.5) is 4.79 Å². The molecule has 0 fully saturated rings. The smallest absolute Gasteiger partial charge is 0.408 e. The lowest BCUT2D eigenvalue weighted by molar-refractivity contribution is -0.144. The van der Waals surface area contributed by atoms with E-state index < -0.39 is 12.1 Å². The van der Waals surface area contributed by atoms with Crippen LogP contribution in [0.3, 0.4) is 0 Å². The topological polar surface area (TPSA) is 81.7 Å². The molecule has 0 aromatic carbocycles. The Hall–Kier alpha value is -1.30. The highest BCUT2D eigenvalue weighted by atomic mass is 35.5. The van der Waals surface area contributed by atoms with Crippen molar-refractivity contribution in [3.63, 3.8) is 0 Å². The zero-order chi connectivity index (χ0) is 15.2. The zero-order valence-electron chi connectivity index (χ0n) is 11.8. The summed E-state index contributed by atoms with van der Waals surface area (Å²) in [6.07, 6.45) is 3.44. The summed E-state index contributed by atoms with van der Waals surface area (Å²) < 4.78 is 9.36. The molecule has 0 bridgehead atoms. The van der Waals surface area contributed by atoms with Crippen molar-refractivity contribution in [1.29, 1.82) is 0 Å². The van der Waals surface area contributed by atoms with Crippen LogP contribution in [-0.2, 0) is 19.1 Å². The van der Waals surface area contributed by atoms with Crippen LogP contribution >= 0.6 is 11.6 Å². The number of alkyl halides is 1. The number of rotatable bonds is 11. The highest BCUT2D eigenvalue weighted by Gasteiger charge is 2.09. The standard InChI is InChI=1S/C13H22ClNO5/c1-2-3-4-5-8-19-12(17)7-6-11(16)9-15-13(18)20-10-14/h2-10H2,1H3,(H,15,18). The van der Waals surface area contributed by atoms with Crippen molar-refractivity contribution in [2.75, 3.05) is 19.2 Å². The molecule has 0 aliphatic heterocycles. The molecule has 0 aromatic heterocycles. The first-order chi connectivity index (χ1) is 9.60. The van der Waals surface area contributed by atoms with Crippen LogP contribution in [-0.4, -0.2) is 37.1 Å². The third-order valence-corrected chi connectivity index (χ3v) is 2.59. The SMILES string of the molecule is CCCCCCOC(=O)CCC(=O)CNC(=O)OCCl. The van der Waals surface area contributed by atoms with Gasteiger partial charge >= 0.3 is 12.1 Å². The number of ether oxygens (including phenoxy) is 2. The van der Waals surface area contributed by atoms with Gasteiger partial charge in [-0.05, 0) is 6.42 Å². The lowest BCUT2D eigenvalue weighted by atomic mass is 10.2. The predicted molar refractivity (Wildman–Crippen MR) is 74.5 cm³/mol. The molecule has 1 amide bonds. The van der Waals surface area contributed by atoms with E-state index in [-0.39, 0.29) is 31.2 Å². The molecular formula is C13H22ClNO5. The van der Waals surface area contributed by atoms with Gasteiger partial charge in [0.1, 0.15) is 0 Å². The van der Waals surface area contributed by atoms with Crippen LogP contribution in [0.1, 0.15) is 45.4 Å². The Morgan fingerprint density at radius 3 is 2.45 bits per heavy atom. The van der Waals surface area contributed by atoms with Crippen molar-refractivity contribution in [3.8, 4) is 0 Å². The maximum Gasteiger partial charge on any atom is 0.408 e. The van der Waals surface area contributed by atoms with E-state index in [2.05, 4.69) is 17.0 Å². The Labute approximate surface area is 124 Å². The first-order valence-electron chi connectivity index (χ1n) is 6.74. The van der Waals surface area contributed by atoms with Crippen molar-refractivity contribution >= 4 is 29.4 Å². The number of Topliss-reactive ketones (excluding diaryl/α,β-unsaturated/α-hetero) is 1. The van der Waals surface area contributed by atoms with Gasteiger partial charge in [-0.3, -0.25) is 9.59 Å². The first kappa shape index (κ1) is 18.7. The second-order valence-corrected chi connectivity index (χ2v) is 4.43. The maximum absolute atomic E-state index is 11.4. The predicted octanol–water partition coefficient (Wildman–Crippen LogP) is 2.38. The second kappa shape index (κ2) is 12.7. The van der Waals surface area contributed by atoms with E-state index >= 15 is 0 Å². The van der Waals surface area contributed by atoms with Crippen molar-refractivity contribution in [2.45, 2.75) is 45.4 Å². The molecule has 0 aliphatic carbocycles. The molecule has 20 heavy (non-hydrogen) atoms. The van der Waals surface area contributed by atoms with Gasteiger partial charge in [-0.15, -0.1) is 0 Å². The van der Waals surface area contributed by atoms with Crippen molar-refractivity contribution in [3.05, 3.63) is 0 Å². The fourth-order valence-electron chi connectivity index (χ4n) is 1.39. The Balaban J connectivity index is 3.53. The van der Waals surface area contributed by atoms with Crippen LogP contribution in [0.5, 0.6) is 0 Å². The molecular weight excluding hydrogens is 286 g/mol. The molecule has 0 aromatic rings. The molecule has 0 aliphatic rings. The fourth-order valence-corrected chi connectivity index (χ4v) is 1.49. The number of hydrogen-bond acceptors (Lipinski definition) is 5. The van der Waals surface area contributed by atoms with Gasteiger partial charge in [-0.1, -0.05) is 37.8 Å². The molecule has 0 rings (SSSR count). The van der Waals surface area contributed by atoms with E-state index in [1.165, 1.54) is 0 Å². The number of esters is 1. The number of carbonyl (C=O) groups excluding carboxylic acids is 3. The summed E-state index contributed by atoms with van der Waals surface area (Å²) in [5.41, 5.74) is 0. The average Bonchev–Trinajstić information content (AvgIpc) is 2.43. The largest absolute Gasteiger partial charge is 0.466 e. The molecule has 0 heterocycles. The van der Waals surface area contributed by atoms with E-state index in [9.17, 15) is 14.4 Å². The van der Waals surface area contributed by atoms with E-state index in [1.807, 2.05) is 0 Å². The number of alkyl carbamates (subject to hydrolysis) is 1. The quantitative estimate of drug-likeness (QED) is 0.360. The number of hydrogen-bond donors (Lipinski definition) is 1. The summed E-state index contributed by atoms with van der Waals surface area (Å²) in [5.74, 6) is -0.655. The molecule has 0 saturated carbocycles. The monoisotopic (exact) mass is 307 g/mol. The molecule has 7 heteroatoms. The van der Waals surface area contributed by atoms with Gasteiger partial charge in [-0.2, -0.15) is 0 Å². The number of amides is 1. The third kappa shape index (κ3) is 11.8. The molecule has 0 unspecified atom stereocenters. The van der Waals surface area contributed by atoms with Gasteiger partial charge in [0.25, 0.3) is 0 Å². The van der Waals surface area contributed by atoms with Gasteiger partial charge in [0.2, 0.25) is 0 Å². The van der Waals surface area contributed by atoms with E-state index in [0.29, 0.717) is 6.61 Å². The highest BCUT2D eigenvalue weighted by molar-refractivity contribution is 6.17. The lowest BCUT2D eigenvalue weighted by Gasteiger charge is -2.05. The van der Waals surface area contributed by atoms with Gasteiger partial charge in [-0.25, -0.2) is 4.79 Å². The van der Waals surface area contributed by atoms with Crippen LogP contribution in [0.25, 0.3) is 0 Å². The summed E-state index contributed by atoms with van der Waals surface area (Å²) in [5, 5.41) is 2.23. The molecule has 0 spiro atoms. The molecule has 0 saturated heterocycles. The van der Waals surface area contributed by atoms with Crippen LogP contribution in [0, 0.1) is 0 Å². The highest BCUT2D eigenvalue weighted by Crippen LogP contribution is 2.01. The Bertz CT molecular complexity index is 309. The van der Waals surface area contributed by atoms with E-state index in [1.54, 1.807) is 0 Å². The Morgan fingerprint density at radius 1 is 1.05 bits per heavy atom. The minimum Gasteiger partial charge on any atom is -0.466 e. The molecule has 0 atom stereocenters. The minimum atomic E-state index is -0.758. The van der Waals surface area contributed by atoms with E-state index in [0.717, 1.165) is 25.7 Å². The molecule has 6 nitrogen and oxygen atoms in total. The molecule has 116 valence electrons. The summed E-state index contributed by atoms with van der Waals surface area (Å²) in [4.78, 5) is 33.5. The van der Waals surface area contributed by atoms with E-state index in [4.69, 9.17) is 16.3 Å². The van der Waals surface area contributed by atoms with Crippen molar-refractivity contribution < 1.29 is 23.9 Å². The number of carbonyl (C=O) groups is 3. The van der Waals surface area contributed by atoms with Gasteiger partial charge in [0.15, 0.2) is 11.8 Å².